The molecule has 0 saturated carbocycles. The molecule has 102 valence electrons. The molecule has 0 aliphatic rings. The highest BCUT2D eigenvalue weighted by atomic mass is 32.1. The summed E-state index contributed by atoms with van der Waals surface area (Å²) in [7, 11) is 3.48. The second kappa shape index (κ2) is 5.81. The van der Waals surface area contributed by atoms with Crippen LogP contribution in [0.4, 0.5) is 11.6 Å². The summed E-state index contributed by atoms with van der Waals surface area (Å²) in [6.07, 6.45) is 1.44. The molecular weight excluding hydrogens is 264 g/mol. The number of nitrogens with one attached hydrogen (secondary N) is 1. The minimum Gasteiger partial charge on any atom is -0.490 e. The number of nitrogens with two attached hydrogens (primary N) is 1. The van der Waals surface area contributed by atoms with Crippen LogP contribution < -0.4 is 20.9 Å². The van der Waals surface area contributed by atoms with Crippen molar-refractivity contribution >= 4 is 23.0 Å². The van der Waals surface area contributed by atoms with Gasteiger partial charge in [0.1, 0.15) is 6.33 Å². The third-order valence-electron chi connectivity index (χ3n) is 2.55. The first kappa shape index (κ1) is 13.5. The number of nitrogens with zero attached hydrogens (tertiary/aromatic N) is 4. The van der Waals surface area contributed by atoms with Gasteiger partial charge in [0.15, 0.2) is 11.6 Å². The topological polar surface area (TPSA) is 89.2 Å². The van der Waals surface area contributed by atoms with E-state index in [1.54, 1.807) is 18.4 Å². The highest BCUT2D eigenvalue weighted by Gasteiger charge is 2.16. The Morgan fingerprint density at radius 2 is 2.26 bits per heavy atom. The number of anilines is 2. The van der Waals surface area contributed by atoms with Gasteiger partial charge in [0.2, 0.25) is 5.75 Å². The van der Waals surface area contributed by atoms with E-state index in [1.807, 2.05) is 24.3 Å². The van der Waals surface area contributed by atoms with Gasteiger partial charge in [-0.1, -0.05) is 0 Å². The lowest BCUT2D eigenvalue weighted by Crippen LogP contribution is -2.20. The fourth-order valence-corrected chi connectivity index (χ4v) is 2.33. The van der Waals surface area contributed by atoms with Gasteiger partial charge >= 0.3 is 0 Å². The zero-order valence-electron chi connectivity index (χ0n) is 11.0. The van der Waals surface area contributed by atoms with Crippen molar-refractivity contribution in [3.63, 3.8) is 0 Å². The molecule has 2 aromatic rings. The Kier molecular flexibility index (Phi) is 4.13. The molecular formula is C11H16N6OS. The molecule has 2 heterocycles. The summed E-state index contributed by atoms with van der Waals surface area (Å²) < 4.78 is 5.30. The first-order valence-corrected chi connectivity index (χ1v) is 6.51. The molecule has 7 nitrogen and oxygen atoms in total. The van der Waals surface area contributed by atoms with Gasteiger partial charge in [-0.15, -0.1) is 11.3 Å². The lowest BCUT2D eigenvalue weighted by Gasteiger charge is -2.20. The third kappa shape index (κ3) is 2.91. The van der Waals surface area contributed by atoms with E-state index in [0.717, 1.165) is 10.7 Å². The van der Waals surface area contributed by atoms with Gasteiger partial charge in [-0.25, -0.2) is 20.8 Å². The molecule has 0 spiro atoms. The summed E-state index contributed by atoms with van der Waals surface area (Å²) in [6, 6.07) is 0. The minimum absolute atomic E-state index is 0.453. The van der Waals surface area contributed by atoms with Crippen LogP contribution >= 0.6 is 11.3 Å². The van der Waals surface area contributed by atoms with E-state index in [0.29, 0.717) is 23.9 Å². The molecule has 2 rings (SSSR count). The van der Waals surface area contributed by atoms with Crippen molar-refractivity contribution in [3.05, 3.63) is 22.4 Å². The van der Waals surface area contributed by atoms with E-state index in [4.69, 9.17) is 10.6 Å². The first-order chi connectivity index (χ1) is 9.15. The number of rotatable bonds is 5. The average molecular weight is 280 g/mol. The largest absolute Gasteiger partial charge is 0.490 e. The van der Waals surface area contributed by atoms with E-state index in [-0.39, 0.29) is 0 Å². The highest BCUT2D eigenvalue weighted by molar-refractivity contribution is 7.09. The normalized spacial score (nSPS) is 10.3. The van der Waals surface area contributed by atoms with Crippen molar-refractivity contribution < 1.29 is 4.74 Å². The Hall–Kier alpha value is -1.93. The molecule has 19 heavy (non-hydrogen) atoms. The monoisotopic (exact) mass is 280 g/mol. The maximum absolute atomic E-state index is 5.40. The van der Waals surface area contributed by atoms with Crippen molar-refractivity contribution in [2.24, 2.45) is 5.84 Å². The maximum Gasteiger partial charge on any atom is 0.205 e. The Labute approximate surface area is 115 Å². The summed E-state index contributed by atoms with van der Waals surface area (Å²) in [5.41, 5.74) is 3.49. The Morgan fingerprint density at radius 1 is 1.47 bits per heavy atom. The number of hydrogen-bond donors (Lipinski definition) is 2. The summed E-state index contributed by atoms with van der Waals surface area (Å²) >= 11 is 1.63. The maximum atomic E-state index is 5.40. The van der Waals surface area contributed by atoms with Crippen LogP contribution in [0.25, 0.3) is 0 Å². The van der Waals surface area contributed by atoms with Gasteiger partial charge in [0.25, 0.3) is 0 Å². The SMILES string of the molecule is COc1c(NN)ncnc1N(C)Cc1csc(C)n1. The van der Waals surface area contributed by atoms with Crippen molar-refractivity contribution in [3.8, 4) is 5.75 Å². The minimum atomic E-state index is 0.453. The van der Waals surface area contributed by atoms with Crippen molar-refractivity contribution in [1.29, 1.82) is 0 Å². The molecule has 8 heteroatoms. The number of hydrazine groups is 1. The van der Waals surface area contributed by atoms with Gasteiger partial charge in [-0.2, -0.15) is 0 Å². The third-order valence-corrected chi connectivity index (χ3v) is 3.38. The molecule has 0 unspecified atom stereocenters. The van der Waals surface area contributed by atoms with Crippen LogP contribution in [-0.2, 0) is 6.54 Å². The van der Waals surface area contributed by atoms with Crippen molar-refractivity contribution in [2.75, 3.05) is 24.5 Å². The van der Waals surface area contributed by atoms with E-state index < -0.39 is 0 Å². The van der Waals surface area contributed by atoms with Gasteiger partial charge in [-0.05, 0) is 6.92 Å². The number of ether oxygens (including phenoxy) is 1. The smallest absolute Gasteiger partial charge is 0.205 e. The molecule has 0 aliphatic carbocycles. The number of aromatic nitrogens is 3. The summed E-state index contributed by atoms with van der Waals surface area (Å²) in [4.78, 5) is 14.6. The number of methoxy groups -OCH3 is 1. The van der Waals surface area contributed by atoms with Crippen molar-refractivity contribution in [2.45, 2.75) is 13.5 Å². The summed E-state index contributed by atoms with van der Waals surface area (Å²) in [5.74, 6) is 7.03. The molecule has 0 aromatic carbocycles. The molecule has 0 radical (unpaired) electrons. The summed E-state index contributed by atoms with van der Waals surface area (Å²) in [6.45, 7) is 2.62. The van der Waals surface area contributed by atoms with Crippen LogP contribution in [0.1, 0.15) is 10.7 Å². The Morgan fingerprint density at radius 3 is 2.84 bits per heavy atom. The van der Waals surface area contributed by atoms with Gasteiger partial charge in [0, 0.05) is 12.4 Å². The van der Waals surface area contributed by atoms with Gasteiger partial charge < -0.3 is 15.1 Å². The fraction of sp³-hybridized carbons (Fsp3) is 0.364. The quantitative estimate of drug-likeness (QED) is 0.627. The standard InChI is InChI=1S/C11H16N6OS/c1-7-15-8(5-19-7)4-17(2)11-9(18-3)10(16-12)13-6-14-11/h5-6H,4,12H2,1-3H3,(H,13,14,16). The second-order valence-corrected chi connectivity index (χ2v) is 5.00. The van der Waals surface area contributed by atoms with E-state index in [9.17, 15) is 0 Å². The average Bonchev–Trinajstić information content (AvgIpc) is 2.82. The van der Waals surface area contributed by atoms with Crippen LogP contribution in [0.5, 0.6) is 5.75 Å². The van der Waals surface area contributed by atoms with Crippen LogP contribution in [0.3, 0.4) is 0 Å². The zero-order valence-corrected chi connectivity index (χ0v) is 11.9. The van der Waals surface area contributed by atoms with Gasteiger partial charge in [0.05, 0.1) is 24.4 Å². The van der Waals surface area contributed by atoms with Gasteiger partial charge in [-0.3, -0.25) is 0 Å². The second-order valence-electron chi connectivity index (χ2n) is 3.94. The van der Waals surface area contributed by atoms with Crippen LogP contribution in [0.15, 0.2) is 11.7 Å². The Balaban J connectivity index is 2.25. The zero-order chi connectivity index (χ0) is 13.8. The molecule has 0 amide bonds. The van der Waals surface area contributed by atoms with Crippen LogP contribution in [0.2, 0.25) is 0 Å². The number of aryl methyl sites for hydroxylation is 1. The Bertz CT molecular complexity index is 558. The predicted molar refractivity (Wildman–Crippen MR) is 75.4 cm³/mol. The first-order valence-electron chi connectivity index (χ1n) is 5.63. The molecule has 0 aliphatic heterocycles. The van der Waals surface area contributed by atoms with E-state index >= 15 is 0 Å². The molecule has 3 N–H and O–H groups in total. The lowest BCUT2D eigenvalue weighted by molar-refractivity contribution is 0.412. The van der Waals surface area contributed by atoms with Crippen LogP contribution in [0, 0.1) is 6.92 Å². The van der Waals surface area contributed by atoms with Crippen LogP contribution in [-0.4, -0.2) is 29.1 Å². The van der Waals surface area contributed by atoms with E-state index in [1.165, 1.54) is 6.33 Å². The fourth-order valence-electron chi connectivity index (χ4n) is 1.73. The highest BCUT2D eigenvalue weighted by Crippen LogP contribution is 2.31. The molecule has 0 saturated heterocycles. The van der Waals surface area contributed by atoms with Crippen molar-refractivity contribution in [1.82, 2.24) is 15.0 Å². The molecule has 0 bridgehead atoms. The number of thiazole rings is 1. The summed E-state index contributed by atoms with van der Waals surface area (Å²) in [5, 5.41) is 3.07. The number of nitrogen functional groups attached to an aromatic ring is 1. The molecule has 0 fully saturated rings. The lowest BCUT2D eigenvalue weighted by atomic mass is 10.4. The van der Waals surface area contributed by atoms with E-state index in [2.05, 4.69) is 20.4 Å². The molecule has 0 atom stereocenters. The molecule has 2 aromatic heterocycles. The predicted octanol–water partition coefficient (Wildman–Crippen LogP) is 1.17. The number of hydrogen-bond acceptors (Lipinski definition) is 8.